The quantitative estimate of drug-likeness (QED) is 0.675. The highest BCUT2D eigenvalue weighted by Crippen LogP contribution is 2.31. The molecule has 0 saturated heterocycles. The van der Waals surface area contributed by atoms with E-state index < -0.39 is 12.1 Å². The number of anilines is 2. The Hall–Kier alpha value is -2.75. The molecule has 0 bridgehead atoms. The third kappa shape index (κ3) is 6.61. The Morgan fingerprint density at radius 2 is 1.84 bits per heavy atom. The van der Waals surface area contributed by atoms with Crippen molar-refractivity contribution in [1.29, 1.82) is 0 Å². The van der Waals surface area contributed by atoms with E-state index in [0.29, 0.717) is 5.95 Å². The van der Waals surface area contributed by atoms with Crippen molar-refractivity contribution in [3.8, 4) is 5.75 Å². The van der Waals surface area contributed by atoms with E-state index in [1.54, 1.807) is 6.20 Å². The molecular formula is C20H23ClF3N5O2. The standard InChI is InChI=1S/C20H23ClF3N5O2/c1-29(2)17-9-10-25-19(28-17)27-14-6-4-13(5-7-14)26-18(30)12-3-8-16(15(21)11-12)31-20(22,23)24/h3,8-11,13-14H,4-7H2,1-2H3,(H,26,30)(H,25,27,28). The zero-order valence-electron chi connectivity index (χ0n) is 17.0. The molecule has 31 heavy (non-hydrogen) atoms. The third-order valence-electron chi connectivity index (χ3n) is 4.91. The first-order chi connectivity index (χ1) is 14.6. The monoisotopic (exact) mass is 457 g/mol. The molecule has 1 saturated carbocycles. The number of carbonyl (C=O) groups is 1. The van der Waals surface area contributed by atoms with Gasteiger partial charge in [0.2, 0.25) is 5.95 Å². The van der Waals surface area contributed by atoms with Gasteiger partial charge in [-0.2, -0.15) is 4.98 Å². The predicted molar refractivity (Wildman–Crippen MR) is 112 cm³/mol. The maximum Gasteiger partial charge on any atom is 0.573 e. The van der Waals surface area contributed by atoms with E-state index in [4.69, 9.17) is 11.6 Å². The lowest BCUT2D eigenvalue weighted by molar-refractivity contribution is -0.274. The summed E-state index contributed by atoms with van der Waals surface area (Å²) in [4.78, 5) is 23.1. The molecule has 7 nitrogen and oxygen atoms in total. The average Bonchev–Trinajstić information content (AvgIpc) is 2.70. The number of aromatic nitrogens is 2. The number of nitrogens with zero attached hydrogens (tertiary/aromatic N) is 3. The van der Waals surface area contributed by atoms with Crippen molar-refractivity contribution in [1.82, 2.24) is 15.3 Å². The van der Waals surface area contributed by atoms with Crippen molar-refractivity contribution >= 4 is 29.3 Å². The number of alkyl halides is 3. The van der Waals surface area contributed by atoms with Crippen LogP contribution in [0.4, 0.5) is 24.9 Å². The van der Waals surface area contributed by atoms with E-state index in [9.17, 15) is 18.0 Å². The van der Waals surface area contributed by atoms with Crippen LogP contribution < -0.4 is 20.3 Å². The number of nitrogens with one attached hydrogen (secondary N) is 2. The summed E-state index contributed by atoms with van der Waals surface area (Å²) in [5, 5.41) is 5.96. The number of ether oxygens (including phenoxy) is 1. The molecule has 1 aromatic carbocycles. The third-order valence-corrected chi connectivity index (χ3v) is 5.21. The fourth-order valence-corrected chi connectivity index (χ4v) is 3.57. The summed E-state index contributed by atoms with van der Waals surface area (Å²) < 4.78 is 40.8. The second kappa shape index (κ2) is 9.59. The molecule has 2 N–H and O–H groups in total. The lowest BCUT2D eigenvalue weighted by Crippen LogP contribution is -2.40. The maximum absolute atomic E-state index is 12.5. The minimum Gasteiger partial charge on any atom is -0.404 e. The number of carbonyl (C=O) groups excluding carboxylic acids is 1. The van der Waals surface area contributed by atoms with Gasteiger partial charge < -0.3 is 20.3 Å². The molecule has 1 aromatic heterocycles. The molecule has 168 valence electrons. The number of rotatable bonds is 6. The molecule has 2 aromatic rings. The summed E-state index contributed by atoms with van der Waals surface area (Å²) >= 11 is 5.82. The van der Waals surface area contributed by atoms with Crippen LogP contribution >= 0.6 is 11.6 Å². The highest BCUT2D eigenvalue weighted by Gasteiger charge is 2.32. The van der Waals surface area contributed by atoms with Crippen LogP contribution in [0, 0.1) is 0 Å². The van der Waals surface area contributed by atoms with Gasteiger partial charge in [-0.1, -0.05) is 11.6 Å². The van der Waals surface area contributed by atoms with Crippen LogP contribution in [-0.2, 0) is 0 Å². The Kier molecular flexibility index (Phi) is 7.09. The van der Waals surface area contributed by atoms with Gasteiger partial charge in [0.1, 0.15) is 11.6 Å². The van der Waals surface area contributed by atoms with Gasteiger partial charge in [-0.15, -0.1) is 13.2 Å². The van der Waals surface area contributed by atoms with E-state index in [-0.39, 0.29) is 28.6 Å². The number of amides is 1. The summed E-state index contributed by atoms with van der Waals surface area (Å²) in [6, 6.07) is 5.44. The van der Waals surface area contributed by atoms with Crippen LogP contribution in [0.1, 0.15) is 36.0 Å². The lowest BCUT2D eigenvalue weighted by atomic mass is 9.91. The minimum atomic E-state index is -4.85. The van der Waals surface area contributed by atoms with E-state index in [1.165, 1.54) is 12.1 Å². The molecule has 1 aliphatic carbocycles. The number of hydrogen-bond acceptors (Lipinski definition) is 6. The van der Waals surface area contributed by atoms with Crippen molar-refractivity contribution in [2.75, 3.05) is 24.3 Å². The Morgan fingerprint density at radius 3 is 2.45 bits per heavy atom. The smallest absolute Gasteiger partial charge is 0.404 e. The van der Waals surface area contributed by atoms with Crippen molar-refractivity contribution in [2.45, 2.75) is 44.1 Å². The summed E-state index contributed by atoms with van der Waals surface area (Å²) in [5.41, 5.74) is 0.175. The second-order valence-corrected chi connectivity index (χ2v) is 7.90. The molecule has 0 unspecified atom stereocenters. The molecule has 3 rings (SSSR count). The minimum absolute atomic E-state index is 0.0375. The first kappa shape index (κ1) is 22.9. The first-order valence-electron chi connectivity index (χ1n) is 9.74. The van der Waals surface area contributed by atoms with E-state index in [2.05, 4.69) is 25.3 Å². The van der Waals surface area contributed by atoms with Crippen molar-refractivity contribution in [2.24, 2.45) is 0 Å². The SMILES string of the molecule is CN(C)c1ccnc(NC2CCC(NC(=O)c3ccc(OC(F)(F)F)c(Cl)c3)CC2)n1. The molecule has 1 heterocycles. The van der Waals surface area contributed by atoms with Gasteiger partial charge in [-0.3, -0.25) is 4.79 Å². The molecule has 0 radical (unpaired) electrons. The van der Waals surface area contributed by atoms with Gasteiger partial charge in [-0.25, -0.2) is 4.98 Å². The normalized spacial score (nSPS) is 18.9. The fraction of sp³-hybridized carbons (Fsp3) is 0.450. The number of hydrogen-bond donors (Lipinski definition) is 2. The van der Waals surface area contributed by atoms with Gasteiger partial charge in [-0.05, 0) is 49.9 Å². The Balaban J connectivity index is 1.51. The summed E-state index contributed by atoms with van der Waals surface area (Å²) in [7, 11) is 3.81. The van der Waals surface area contributed by atoms with E-state index >= 15 is 0 Å². The van der Waals surface area contributed by atoms with Crippen LogP contribution in [0.5, 0.6) is 5.75 Å². The molecule has 1 aliphatic rings. The summed E-state index contributed by atoms with van der Waals surface area (Å²) in [6.07, 6.45) is -0.00955. The zero-order valence-corrected chi connectivity index (χ0v) is 17.8. The van der Waals surface area contributed by atoms with E-state index in [0.717, 1.165) is 37.6 Å². The average molecular weight is 458 g/mol. The Bertz CT molecular complexity index is 918. The Morgan fingerprint density at radius 1 is 1.16 bits per heavy atom. The maximum atomic E-state index is 12.5. The molecule has 0 aliphatic heterocycles. The highest BCUT2D eigenvalue weighted by atomic mass is 35.5. The number of halogens is 4. The topological polar surface area (TPSA) is 79.4 Å². The van der Waals surface area contributed by atoms with Gasteiger partial charge in [0.05, 0.1) is 5.02 Å². The van der Waals surface area contributed by atoms with Crippen LogP contribution in [0.15, 0.2) is 30.5 Å². The Labute approximate surface area is 183 Å². The fourth-order valence-electron chi connectivity index (χ4n) is 3.35. The van der Waals surface area contributed by atoms with Crippen LogP contribution in [0.25, 0.3) is 0 Å². The van der Waals surface area contributed by atoms with Crippen molar-refractivity contribution in [3.05, 3.63) is 41.0 Å². The molecule has 0 spiro atoms. The summed E-state index contributed by atoms with van der Waals surface area (Å²) in [6.45, 7) is 0. The van der Waals surface area contributed by atoms with Crippen molar-refractivity contribution < 1.29 is 22.7 Å². The zero-order chi connectivity index (χ0) is 22.6. The van der Waals surface area contributed by atoms with Crippen LogP contribution in [-0.4, -0.2) is 48.4 Å². The first-order valence-corrected chi connectivity index (χ1v) is 10.1. The molecule has 1 fully saturated rings. The van der Waals surface area contributed by atoms with Gasteiger partial charge >= 0.3 is 6.36 Å². The lowest BCUT2D eigenvalue weighted by Gasteiger charge is -2.29. The molecule has 0 atom stereocenters. The van der Waals surface area contributed by atoms with Crippen LogP contribution in [0.3, 0.4) is 0 Å². The van der Waals surface area contributed by atoms with E-state index in [1.807, 2.05) is 25.1 Å². The number of benzene rings is 1. The van der Waals surface area contributed by atoms with Crippen LogP contribution in [0.2, 0.25) is 5.02 Å². The van der Waals surface area contributed by atoms with Gasteiger partial charge in [0.25, 0.3) is 5.91 Å². The molecule has 11 heteroatoms. The van der Waals surface area contributed by atoms with Gasteiger partial charge in [0.15, 0.2) is 0 Å². The van der Waals surface area contributed by atoms with Gasteiger partial charge in [0, 0.05) is 37.9 Å². The summed E-state index contributed by atoms with van der Waals surface area (Å²) in [5.74, 6) is 0.440. The van der Waals surface area contributed by atoms with Crippen molar-refractivity contribution in [3.63, 3.8) is 0 Å². The highest BCUT2D eigenvalue weighted by molar-refractivity contribution is 6.32. The second-order valence-electron chi connectivity index (χ2n) is 7.49. The molecular weight excluding hydrogens is 435 g/mol. The predicted octanol–water partition coefficient (Wildman–Crippen LogP) is 4.25. The molecule has 1 amide bonds. The largest absolute Gasteiger partial charge is 0.573 e.